The number of piperidine rings is 1. The zero-order chi connectivity index (χ0) is 18.7. The Morgan fingerprint density at radius 3 is 2.50 bits per heavy atom. The summed E-state index contributed by atoms with van der Waals surface area (Å²) in [4.78, 5) is 15.1. The van der Waals surface area contributed by atoms with E-state index in [0.29, 0.717) is 6.42 Å². The molecule has 2 heterocycles. The van der Waals surface area contributed by atoms with Crippen LogP contribution in [0, 0.1) is 5.92 Å². The highest BCUT2D eigenvalue weighted by Crippen LogP contribution is 2.33. The highest BCUT2D eigenvalue weighted by molar-refractivity contribution is 5.82. The molecule has 26 heavy (non-hydrogen) atoms. The van der Waals surface area contributed by atoms with Gasteiger partial charge in [-0.1, -0.05) is 18.7 Å². The fourth-order valence-corrected chi connectivity index (χ4v) is 3.47. The molecule has 1 fully saturated rings. The van der Waals surface area contributed by atoms with Gasteiger partial charge in [0.1, 0.15) is 5.75 Å². The summed E-state index contributed by atoms with van der Waals surface area (Å²) >= 11 is 0. The van der Waals surface area contributed by atoms with Crippen LogP contribution in [0.5, 0.6) is 5.75 Å². The first-order valence-electron chi connectivity index (χ1n) is 8.76. The van der Waals surface area contributed by atoms with E-state index in [1.54, 1.807) is 23.4 Å². The number of rotatable bonds is 5. The molecule has 0 spiro atoms. The summed E-state index contributed by atoms with van der Waals surface area (Å²) in [6, 6.07) is 6.21. The van der Waals surface area contributed by atoms with Crippen LogP contribution in [-0.4, -0.2) is 41.7 Å². The zero-order valence-corrected chi connectivity index (χ0v) is 14.8. The van der Waals surface area contributed by atoms with E-state index in [9.17, 15) is 13.6 Å². The van der Waals surface area contributed by atoms with Gasteiger partial charge in [-0.25, -0.2) is 5.01 Å². The summed E-state index contributed by atoms with van der Waals surface area (Å²) in [6.45, 7) is 4.73. The van der Waals surface area contributed by atoms with Crippen LogP contribution in [-0.2, 0) is 4.79 Å². The predicted octanol–water partition coefficient (Wildman–Crippen LogP) is 3.79. The second kappa shape index (κ2) is 7.85. The third kappa shape index (κ3) is 4.03. The second-order valence-corrected chi connectivity index (χ2v) is 6.68. The predicted molar refractivity (Wildman–Crippen MR) is 94.9 cm³/mol. The van der Waals surface area contributed by atoms with E-state index in [2.05, 4.69) is 21.3 Å². The van der Waals surface area contributed by atoms with Crippen LogP contribution >= 0.6 is 0 Å². The SMILES string of the molecule is C=C(C)N1CCC(C(=O)N2N=CCC2c2ccc(OC(F)F)cc2)CC1. The quantitative estimate of drug-likeness (QED) is 0.799. The summed E-state index contributed by atoms with van der Waals surface area (Å²) < 4.78 is 28.9. The molecule has 1 unspecified atom stereocenters. The van der Waals surface area contributed by atoms with Crippen LogP contribution in [0.2, 0.25) is 0 Å². The van der Waals surface area contributed by atoms with Crippen molar-refractivity contribution in [1.29, 1.82) is 0 Å². The number of hydrazone groups is 1. The van der Waals surface area contributed by atoms with Gasteiger partial charge in [0.25, 0.3) is 0 Å². The highest BCUT2D eigenvalue weighted by Gasteiger charge is 2.34. The van der Waals surface area contributed by atoms with Gasteiger partial charge in [0.2, 0.25) is 5.91 Å². The molecular formula is C19H23F2N3O2. The van der Waals surface area contributed by atoms with E-state index >= 15 is 0 Å². The Bertz CT molecular complexity index is 683. The number of hydrogen-bond donors (Lipinski definition) is 0. The maximum Gasteiger partial charge on any atom is 0.387 e. The topological polar surface area (TPSA) is 45.1 Å². The normalized spacial score (nSPS) is 20.7. The fourth-order valence-electron chi connectivity index (χ4n) is 3.47. The molecule has 1 aromatic rings. The molecule has 0 aliphatic carbocycles. The van der Waals surface area contributed by atoms with E-state index in [1.807, 2.05) is 6.92 Å². The lowest BCUT2D eigenvalue weighted by atomic mass is 9.94. The first-order chi connectivity index (χ1) is 12.5. The van der Waals surface area contributed by atoms with Crippen molar-refractivity contribution in [1.82, 2.24) is 9.91 Å². The maximum atomic E-state index is 12.9. The minimum Gasteiger partial charge on any atom is -0.435 e. The first kappa shape index (κ1) is 18.4. The average molecular weight is 363 g/mol. The van der Waals surface area contributed by atoms with Crippen molar-refractivity contribution in [2.45, 2.75) is 38.8 Å². The number of carbonyl (C=O) groups is 1. The molecule has 1 aromatic carbocycles. The standard InChI is InChI=1S/C19H23F2N3O2/c1-13(2)23-11-8-15(9-12-23)18(25)24-17(7-10-22-24)14-3-5-16(6-4-14)26-19(20)21/h3-6,10,15,17,19H,1,7-9,11-12H2,2H3. The monoisotopic (exact) mass is 363 g/mol. The van der Waals surface area contributed by atoms with Gasteiger partial charge in [-0.05, 0) is 37.5 Å². The summed E-state index contributed by atoms with van der Waals surface area (Å²) in [5.41, 5.74) is 1.89. The molecule has 1 amide bonds. The lowest BCUT2D eigenvalue weighted by molar-refractivity contribution is -0.138. The number of nitrogens with zero attached hydrogens (tertiary/aromatic N) is 3. The Hall–Kier alpha value is -2.44. The Kier molecular flexibility index (Phi) is 5.54. The molecule has 0 N–H and O–H groups in total. The summed E-state index contributed by atoms with van der Waals surface area (Å²) in [6.07, 6.45) is 3.91. The Labute approximate surface area is 151 Å². The van der Waals surface area contributed by atoms with Gasteiger partial charge in [-0.3, -0.25) is 4.79 Å². The molecule has 0 radical (unpaired) electrons. The number of likely N-dealkylation sites (tertiary alicyclic amines) is 1. The Balaban J connectivity index is 1.65. The first-order valence-corrected chi connectivity index (χ1v) is 8.76. The van der Waals surface area contributed by atoms with E-state index in [-0.39, 0.29) is 23.6 Å². The summed E-state index contributed by atoms with van der Waals surface area (Å²) in [5, 5.41) is 5.82. The van der Waals surface area contributed by atoms with E-state index in [0.717, 1.165) is 37.2 Å². The third-order valence-corrected chi connectivity index (χ3v) is 4.93. The number of alkyl halides is 2. The maximum absolute atomic E-state index is 12.9. The number of halogens is 2. The van der Waals surface area contributed by atoms with Gasteiger partial charge in [0.15, 0.2) is 0 Å². The van der Waals surface area contributed by atoms with Crippen molar-refractivity contribution >= 4 is 12.1 Å². The summed E-state index contributed by atoms with van der Waals surface area (Å²) in [5.74, 6) is 0.0792. The molecule has 0 saturated carbocycles. The van der Waals surface area contributed by atoms with Crippen LogP contribution in [0.25, 0.3) is 0 Å². The van der Waals surface area contributed by atoms with Gasteiger partial charge in [-0.15, -0.1) is 0 Å². The molecular weight excluding hydrogens is 340 g/mol. The van der Waals surface area contributed by atoms with E-state index < -0.39 is 6.61 Å². The minimum absolute atomic E-state index is 0.0259. The van der Waals surface area contributed by atoms with Crippen molar-refractivity contribution in [3.63, 3.8) is 0 Å². The van der Waals surface area contributed by atoms with Gasteiger partial charge < -0.3 is 9.64 Å². The lowest BCUT2D eigenvalue weighted by Crippen LogP contribution is -2.40. The molecule has 7 heteroatoms. The smallest absolute Gasteiger partial charge is 0.387 e. The van der Waals surface area contributed by atoms with Crippen molar-refractivity contribution in [3.8, 4) is 5.75 Å². The number of hydrogen-bond acceptors (Lipinski definition) is 4. The number of benzene rings is 1. The summed E-state index contributed by atoms with van der Waals surface area (Å²) in [7, 11) is 0. The Morgan fingerprint density at radius 2 is 1.92 bits per heavy atom. The van der Waals surface area contributed by atoms with Gasteiger partial charge in [0.05, 0.1) is 6.04 Å². The zero-order valence-electron chi connectivity index (χ0n) is 14.8. The van der Waals surface area contributed by atoms with Gasteiger partial charge >= 0.3 is 6.61 Å². The minimum atomic E-state index is -2.85. The molecule has 0 bridgehead atoms. The van der Waals surface area contributed by atoms with Crippen LogP contribution < -0.4 is 4.74 Å². The second-order valence-electron chi connectivity index (χ2n) is 6.68. The van der Waals surface area contributed by atoms with Gasteiger partial charge in [0, 0.05) is 37.3 Å². The van der Waals surface area contributed by atoms with Crippen LogP contribution in [0.1, 0.15) is 37.8 Å². The molecule has 2 aliphatic heterocycles. The molecule has 5 nitrogen and oxygen atoms in total. The lowest BCUT2D eigenvalue weighted by Gasteiger charge is -2.35. The number of allylic oxidation sites excluding steroid dienone is 1. The van der Waals surface area contributed by atoms with Crippen molar-refractivity contribution < 1.29 is 18.3 Å². The van der Waals surface area contributed by atoms with Crippen molar-refractivity contribution in [2.24, 2.45) is 11.0 Å². The third-order valence-electron chi connectivity index (χ3n) is 4.93. The van der Waals surface area contributed by atoms with Crippen LogP contribution in [0.15, 0.2) is 41.6 Å². The van der Waals surface area contributed by atoms with Gasteiger partial charge in [-0.2, -0.15) is 13.9 Å². The molecule has 3 rings (SSSR count). The van der Waals surface area contributed by atoms with E-state index in [4.69, 9.17) is 0 Å². The molecule has 1 saturated heterocycles. The largest absolute Gasteiger partial charge is 0.435 e. The van der Waals surface area contributed by atoms with E-state index in [1.165, 1.54) is 12.1 Å². The van der Waals surface area contributed by atoms with Crippen molar-refractivity contribution in [3.05, 3.63) is 42.1 Å². The average Bonchev–Trinajstić information content (AvgIpc) is 3.11. The van der Waals surface area contributed by atoms with Crippen molar-refractivity contribution in [2.75, 3.05) is 13.1 Å². The molecule has 140 valence electrons. The number of amides is 1. The van der Waals surface area contributed by atoms with Crippen LogP contribution in [0.4, 0.5) is 8.78 Å². The molecule has 0 aromatic heterocycles. The fraction of sp³-hybridized carbons (Fsp3) is 0.474. The van der Waals surface area contributed by atoms with Crippen LogP contribution in [0.3, 0.4) is 0 Å². The molecule has 1 atom stereocenters. The molecule has 2 aliphatic rings. The number of ether oxygens (including phenoxy) is 1. The highest BCUT2D eigenvalue weighted by atomic mass is 19.3. The Morgan fingerprint density at radius 1 is 1.27 bits per heavy atom. The number of carbonyl (C=O) groups excluding carboxylic acids is 1.